The van der Waals surface area contributed by atoms with Crippen LogP contribution in [0.3, 0.4) is 0 Å². The van der Waals surface area contributed by atoms with E-state index >= 15 is 0 Å². The molecule has 3 aromatic rings. The highest BCUT2D eigenvalue weighted by Crippen LogP contribution is 2.13. The standard InChI is InChI=1S/C19H18N4O2/c1-12-8-9-13(2)14(10-12)11-20-21-18(24)17-15-6-4-5-7-16(15)19(25)23(3)22-17/h4-11H,1-3H3,(H,21,24)/b20-11+. The second-order valence-corrected chi connectivity index (χ2v) is 5.88. The van der Waals surface area contributed by atoms with Crippen molar-refractivity contribution in [1.82, 2.24) is 15.2 Å². The molecule has 0 aliphatic rings. The monoisotopic (exact) mass is 334 g/mol. The van der Waals surface area contributed by atoms with Gasteiger partial charge >= 0.3 is 0 Å². The summed E-state index contributed by atoms with van der Waals surface area (Å²) in [6.07, 6.45) is 1.60. The average Bonchev–Trinajstić information content (AvgIpc) is 2.61. The summed E-state index contributed by atoms with van der Waals surface area (Å²) in [6, 6.07) is 12.9. The summed E-state index contributed by atoms with van der Waals surface area (Å²) in [5.74, 6) is -0.464. The Hall–Kier alpha value is -3.28. The van der Waals surface area contributed by atoms with Gasteiger partial charge < -0.3 is 0 Å². The maximum absolute atomic E-state index is 12.5. The van der Waals surface area contributed by atoms with Gasteiger partial charge in [-0.2, -0.15) is 10.2 Å². The van der Waals surface area contributed by atoms with Crippen molar-refractivity contribution >= 4 is 22.9 Å². The van der Waals surface area contributed by atoms with Crippen LogP contribution in [0.15, 0.2) is 52.4 Å². The van der Waals surface area contributed by atoms with Crippen LogP contribution in [0.1, 0.15) is 27.2 Å². The number of hydrogen-bond donors (Lipinski definition) is 1. The Morgan fingerprint density at radius 3 is 2.64 bits per heavy atom. The summed E-state index contributed by atoms with van der Waals surface area (Å²) in [7, 11) is 1.52. The van der Waals surface area contributed by atoms with E-state index in [0.29, 0.717) is 10.8 Å². The molecule has 2 aromatic carbocycles. The summed E-state index contributed by atoms with van der Waals surface area (Å²) in [4.78, 5) is 24.6. The minimum atomic E-state index is -0.464. The van der Waals surface area contributed by atoms with Gasteiger partial charge in [-0.25, -0.2) is 10.1 Å². The molecule has 0 spiro atoms. The molecule has 1 N–H and O–H groups in total. The van der Waals surface area contributed by atoms with Gasteiger partial charge in [-0.05, 0) is 31.0 Å². The first-order chi connectivity index (χ1) is 12.0. The van der Waals surface area contributed by atoms with Gasteiger partial charge in [0.1, 0.15) is 0 Å². The van der Waals surface area contributed by atoms with Crippen LogP contribution in [0, 0.1) is 13.8 Å². The molecule has 0 atom stereocenters. The van der Waals surface area contributed by atoms with E-state index in [9.17, 15) is 9.59 Å². The van der Waals surface area contributed by atoms with E-state index in [1.165, 1.54) is 7.05 Å². The smallest absolute Gasteiger partial charge is 0.267 e. The predicted octanol–water partition coefficient (Wildman–Crippen LogP) is 2.31. The Morgan fingerprint density at radius 2 is 1.88 bits per heavy atom. The second kappa shape index (κ2) is 6.68. The van der Waals surface area contributed by atoms with Gasteiger partial charge in [0.25, 0.3) is 11.5 Å². The Morgan fingerprint density at radius 1 is 1.16 bits per heavy atom. The van der Waals surface area contributed by atoms with Crippen LogP contribution in [0.4, 0.5) is 0 Å². The number of nitrogens with one attached hydrogen (secondary N) is 1. The Labute approximate surface area is 144 Å². The number of hydrogen-bond acceptors (Lipinski definition) is 4. The molecule has 6 nitrogen and oxygen atoms in total. The zero-order valence-electron chi connectivity index (χ0n) is 14.3. The van der Waals surface area contributed by atoms with Gasteiger partial charge in [0, 0.05) is 12.4 Å². The number of hydrazone groups is 1. The number of fused-ring (bicyclic) bond motifs is 1. The molecule has 0 aliphatic heterocycles. The molecule has 0 saturated carbocycles. The SMILES string of the molecule is Cc1ccc(C)c(/C=N/NC(=O)c2nn(C)c(=O)c3ccccc23)c1. The Bertz CT molecular complexity index is 1050. The fraction of sp³-hybridized carbons (Fsp3) is 0.158. The molecule has 0 radical (unpaired) electrons. The van der Waals surface area contributed by atoms with E-state index in [1.807, 2.05) is 32.0 Å². The van der Waals surface area contributed by atoms with Crippen LogP contribution in [0.5, 0.6) is 0 Å². The minimum Gasteiger partial charge on any atom is -0.267 e. The molecule has 0 fully saturated rings. The lowest BCUT2D eigenvalue weighted by Crippen LogP contribution is -2.27. The zero-order chi connectivity index (χ0) is 18.0. The quantitative estimate of drug-likeness (QED) is 0.590. The third-order valence-electron chi connectivity index (χ3n) is 3.98. The average molecular weight is 334 g/mol. The highest BCUT2D eigenvalue weighted by atomic mass is 16.2. The molecule has 0 unspecified atom stereocenters. The van der Waals surface area contributed by atoms with Crippen molar-refractivity contribution < 1.29 is 4.79 Å². The van der Waals surface area contributed by atoms with Gasteiger partial charge in [0.15, 0.2) is 5.69 Å². The van der Waals surface area contributed by atoms with E-state index in [4.69, 9.17) is 0 Å². The van der Waals surface area contributed by atoms with Crippen LogP contribution in [0.2, 0.25) is 0 Å². The second-order valence-electron chi connectivity index (χ2n) is 5.88. The topological polar surface area (TPSA) is 76.3 Å². The predicted molar refractivity (Wildman–Crippen MR) is 98.0 cm³/mol. The molecule has 126 valence electrons. The number of rotatable bonds is 3. The van der Waals surface area contributed by atoms with E-state index in [0.717, 1.165) is 21.4 Å². The van der Waals surface area contributed by atoms with Gasteiger partial charge in [0.05, 0.1) is 11.6 Å². The molecule has 0 aliphatic carbocycles. The fourth-order valence-electron chi connectivity index (χ4n) is 2.58. The lowest BCUT2D eigenvalue weighted by molar-refractivity contribution is 0.0950. The van der Waals surface area contributed by atoms with Crippen molar-refractivity contribution in [3.05, 3.63) is 75.2 Å². The maximum atomic E-state index is 12.5. The molecular weight excluding hydrogens is 316 g/mol. The number of nitrogens with zero attached hydrogens (tertiary/aromatic N) is 3. The van der Waals surface area contributed by atoms with Crippen molar-refractivity contribution in [2.45, 2.75) is 13.8 Å². The van der Waals surface area contributed by atoms with Crippen molar-refractivity contribution in [3.8, 4) is 0 Å². The van der Waals surface area contributed by atoms with Gasteiger partial charge in [-0.3, -0.25) is 9.59 Å². The fourth-order valence-corrected chi connectivity index (χ4v) is 2.58. The zero-order valence-corrected chi connectivity index (χ0v) is 14.3. The number of benzene rings is 2. The van der Waals surface area contributed by atoms with Crippen LogP contribution in [0.25, 0.3) is 10.8 Å². The highest BCUT2D eigenvalue weighted by Gasteiger charge is 2.14. The van der Waals surface area contributed by atoms with E-state index < -0.39 is 5.91 Å². The highest BCUT2D eigenvalue weighted by molar-refractivity contribution is 6.04. The summed E-state index contributed by atoms with van der Waals surface area (Å²) in [5.41, 5.74) is 5.51. The molecule has 3 rings (SSSR count). The first-order valence-corrected chi connectivity index (χ1v) is 7.84. The number of carbonyl (C=O) groups excluding carboxylic acids is 1. The van der Waals surface area contributed by atoms with E-state index in [2.05, 4.69) is 15.6 Å². The molecule has 1 heterocycles. The molecule has 1 amide bonds. The summed E-state index contributed by atoms with van der Waals surface area (Å²) in [5, 5.41) is 9.06. The van der Waals surface area contributed by atoms with Crippen LogP contribution in [-0.4, -0.2) is 21.9 Å². The van der Waals surface area contributed by atoms with Gasteiger partial charge in [-0.15, -0.1) is 0 Å². The van der Waals surface area contributed by atoms with Crippen LogP contribution < -0.4 is 11.0 Å². The van der Waals surface area contributed by atoms with Crippen LogP contribution in [-0.2, 0) is 7.05 Å². The molecule has 6 heteroatoms. The first-order valence-electron chi connectivity index (χ1n) is 7.84. The lowest BCUT2D eigenvalue weighted by atomic mass is 10.1. The number of carbonyl (C=O) groups is 1. The van der Waals surface area contributed by atoms with Crippen molar-refractivity contribution in [2.24, 2.45) is 12.1 Å². The molecule has 0 bridgehead atoms. The van der Waals surface area contributed by atoms with E-state index in [-0.39, 0.29) is 11.3 Å². The molecular formula is C19H18N4O2. The molecule has 0 saturated heterocycles. The summed E-state index contributed by atoms with van der Waals surface area (Å²) in [6.45, 7) is 3.97. The summed E-state index contributed by atoms with van der Waals surface area (Å²) >= 11 is 0. The lowest BCUT2D eigenvalue weighted by Gasteiger charge is -2.06. The molecule has 25 heavy (non-hydrogen) atoms. The van der Waals surface area contributed by atoms with Gasteiger partial charge in [0.2, 0.25) is 0 Å². The third kappa shape index (κ3) is 3.33. The van der Waals surface area contributed by atoms with E-state index in [1.54, 1.807) is 30.5 Å². The number of amides is 1. The van der Waals surface area contributed by atoms with Crippen LogP contribution >= 0.6 is 0 Å². The van der Waals surface area contributed by atoms with Crippen molar-refractivity contribution in [1.29, 1.82) is 0 Å². The Balaban J connectivity index is 1.91. The van der Waals surface area contributed by atoms with Crippen molar-refractivity contribution in [3.63, 3.8) is 0 Å². The normalized spacial score (nSPS) is 11.2. The van der Waals surface area contributed by atoms with Crippen molar-refractivity contribution in [2.75, 3.05) is 0 Å². The number of aromatic nitrogens is 2. The Kier molecular flexibility index (Phi) is 4.43. The minimum absolute atomic E-state index is 0.163. The van der Waals surface area contributed by atoms with Gasteiger partial charge in [-0.1, -0.05) is 42.0 Å². The third-order valence-corrected chi connectivity index (χ3v) is 3.98. The molecule has 1 aromatic heterocycles. The largest absolute Gasteiger partial charge is 0.292 e. The summed E-state index contributed by atoms with van der Waals surface area (Å²) < 4.78 is 1.16. The maximum Gasteiger partial charge on any atom is 0.292 e. The first kappa shape index (κ1) is 16.6. The number of aryl methyl sites for hydroxylation is 3.